The van der Waals surface area contributed by atoms with E-state index in [4.69, 9.17) is 14.6 Å². The highest BCUT2D eigenvalue weighted by Crippen LogP contribution is 2.43. The van der Waals surface area contributed by atoms with E-state index in [-0.39, 0.29) is 0 Å². The largest absolute Gasteiger partial charge is 0.497 e. The first kappa shape index (κ1) is 23.6. The standard InChI is InChI=1S/C30H28N4O2S/c1-19-14-16-37-28(17-19)29-23-5-3-4-6-24(23)30(34-33-29)32-20-7-9-21(10-8-20)36-27-13-15-31-26-12-11-22(35-2)18-25(26)27/h3-13,15,18-19,28H,14,16-17H2,1-2H3,(H,32,34). The summed E-state index contributed by atoms with van der Waals surface area (Å²) in [5, 5.41) is 16.3. The number of pyridine rings is 1. The van der Waals surface area contributed by atoms with Gasteiger partial charge in [0.05, 0.1) is 18.3 Å². The molecule has 37 heavy (non-hydrogen) atoms. The Labute approximate surface area is 220 Å². The zero-order valence-corrected chi connectivity index (χ0v) is 21.7. The Hall–Kier alpha value is -3.84. The lowest BCUT2D eigenvalue weighted by atomic mass is 9.98. The molecule has 1 aliphatic heterocycles. The molecule has 1 N–H and O–H groups in total. The zero-order chi connectivity index (χ0) is 25.2. The Morgan fingerprint density at radius 2 is 1.70 bits per heavy atom. The SMILES string of the molecule is COc1ccc2nccc(Oc3ccc(Nc4nnc(C5CC(C)CCS5)c5ccccc45)cc3)c2c1. The fourth-order valence-corrected chi connectivity index (χ4v) is 6.41. The summed E-state index contributed by atoms with van der Waals surface area (Å²) >= 11 is 2.00. The van der Waals surface area contributed by atoms with Crippen LogP contribution in [0.1, 0.15) is 30.7 Å². The van der Waals surface area contributed by atoms with Crippen LogP contribution in [0.25, 0.3) is 21.7 Å². The molecule has 3 heterocycles. The molecular weight excluding hydrogens is 480 g/mol. The maximum atomic E-state index is 6.20. The smallest absolute Gasteiger partial charge is 0.160 e. The summed E-state index contributed by atoms with van der Waals surface area (Å²) in [4.78, 5) is 4.42. The van der Waals surface area contributed by atoms with Crippen LogP contribution in [-0.2, 0) is 0 Å². The molecule has 186 valence electrons. The van der Waals surface area contributed by atoms with Crippen LogP contribution in [0.4, 0.5) is 11.5 Å². The lowest BCUT2D eigenvalue weighted by Gasteiger charge is -2.26. The number of benzene rings is 3. The second kappa shape index (κ2) is 10.3. The van der Waals surface area contributed by atoms with Crippen molar-refractivity contribution in [3.63, 3.8) is 0 Å². The van der Waals surface area contributed by atoms with E-state index >= 15 is 0 Å². The topological polar surface area (TPSA) is 69.2 Å². The van der Waals surface area contributed by atoms with Gasteiger partial charge in [0.15, 0.2) is 5.82 Å². The van der Waals surface area contributed by atoms with E-state index < -0.39 is 0 Å². The quantitative estimate of drug-likeness (QED) is 0.250. The van der Waals surface area contributed by atoms with Crippen LogP contribution in [-0.4, -0.2) is 28.0 Å². The van der Waals surface area contributed by atoms with Crippen molar-refractivity contribution in [1.29, 1.82) is 0 Å². The van der Waals surface area contributed by atoms with E-state index in [9.17, 15) is 0 Å². The highest BCUT2D eigenvalue weighted by atomic mass is 32.2. The second-order valence-corrected chi connectivity index (χ2v) is 10.7. The molecule has 1 saturated heterocycles. The second-order valence-electron chi connectivity index (χ2n) is 9.41. The van der Waals surface area contributed by atoms with Crippen LogP contribution in [0.3, 0.4) is 0 Å². The van der Waals surface area contributed by atoms with Crippen molar-refractivity contribution < 1.29 is 9.47 Å². The molecule has 2 unspecified atom stereocenters. The van der Waals surface area contributed by atoms with Crippen LogP contribution in [0.5, 0.6) is 17.2 Å². The monoisotopic (exact) mass is 508 g/mol. The predicted octanol–water partition coefficient (Wildman–Crippen LogP) is 7.93. The number of aromatic nitrogens is 3. The number of rotatable bonds is 6. The Kier molecular flexibility index (Phi) is 6.53. The minimum Gasteiger partial charge on any atom is -0.497 e. The molecule has 1 aliphatic rings. The Balaban J connectivity index is 1.24. The van der Waals surface area contributed by atoms with E-state index in [1.165, 1.54) is 17.6 Å². The first-order valence-corrected chi connectivity index (χ1v) is 13.6. The Morgan fingerprint density at radius 3 is 2.51 bits per heavy atom. The molecule has 0 aliphatic carbocycles. The minimum atomic E-state index is 0.399. The van der Waals surface area contributed by atoms with Gasteiger partial charge in [-0.25, -0.2) is 0 Å². The van der Waals surface area contributed by atoms with Crippen molar-refractivity contribution in [3.8, 4) is 17.2 Å². The molecule has 2 aromatic heterocycles. The number of fused-ring (bicyclic) bond motifs is 2. The number of nitrogens with zero attached hydrogens (tertiary/aromatic N) is 3. The van der Waals surface area contributed by atoms with Gasteiger partial charge in [0.2, 0.25) is 0 Å². The number of thioether (sulfide) groups is 1. The molecule has 7 heteroatoms. The van der Waals surface area contributed by atoms with E-state index in [1.54, 1.807) is 13.3 Å². The molecule has 1 fully saturated rings. The lowest BCUT2D eigenvalue weighted by Crippen LogP contribution is -2.13. The summed E-state index contributed by atoms with van der Waals surface area (Å²) in [6.45, 7) is 2.33. The number of methoxy groups -OCH3 is 1. The predicted molar refractivity (Wildman–Crippen MR) is 151 cm³/mol. The minimum absolute atomic E-state index is 0.399. The molecule has 0 bridgehead atoms. The van der Waals surface area contributed by atoms with Crippen molar-refractivity contribution in [2.75, 3.05) is 18.2 Å². The zero-order valence-electron chi connectivity index (χ0n) is 20.8. The molecule has 0 radical (unpaired) electrons. The van der Waals surface area contributed by atoms with Gasteiger partial charge in [-0.05, 0) is 73.0 Å². The van der Waals surface area contributed by atoms with E-state index in [1.807, 2.05) is 60.3 Å². The van der Waals surface area contributed by atoms with Crippen molar-refractivity contribution >= 4 is 44.9 Å². The van der Waals surface area contributed by atoms with Gasteiger partial charge in [0, 0.05) is 33.3 Å². The first-order valence-electron chi connectivity index (χ1n) is 12.5. The van der Waals surface area contributed by atoms with Crippen LogP contribution >= 0.6 is 11.8 Å². The van der Waals surface area contributed by atoms with Gasteiger partial charge < -0.3 is 14.8 Å². The van der Waals surface area contributed by atoms with Crippen molar-refractivity contribution in [1.82, 2.24) is 15.2 Å². The number of anilines is 2. The van der Waals surface area contributed by atoms with Gasteiger partial charge in [0.1, 0.15) is 17.2 Å². The summed E-state index contributed by atoms with van der Waals surface area (Å²) in [6.07, 6.45) is 4.18. The van der Waals surface area contributed by atoms with E-state index in [2.05, 4.69) is 46.6 Å². The number of hydrogen-bond acceptors (Lipinski definition) is 7. The molecular formula is C30H28N4O2S. The van der Waals surface area contributed by atoms with Crippen molar-refractivity contribution in [3.05, 3.63) is 84.7 Å². The number of hydrogen-bond donors (Lipinski definition) is 1. The van der Waals surface area contributed by atoms with Crippen molar-refractivity contribution in [2.24, 2.45) is 5.92 Å². The fourth-order valence-electron chi connectivity index (χ4n) is 4.79. The highest BCUT2D eigenvalue weighted by molar-refractivity contribution is 7.99. The summed E-state index contributed by atoms with van der Waals surface area (Å²) in [5.74, 6) is 4.88. The molecule has 3 aromatic carbocycles. The molecule has 6 nitrogen and oxygen atoms in total. The average molecular weight is 509 g/mol. The normalized spacial score (nSPS) is 17.6. The highest BCUT2D eigenvalue weighted by Gasteiger charge is 2.25. The third kappa shape index (κ3) is 4.91. The van der Waals surface area contributed by atoms with Crippen LogP contribution in [0.15, 0.2) is 79.0 Å². The maximum absolute atomic E-state index is 6.20. The third-order valence-corrected chi connectivity index (χ3v) is 8.11. The van der Waals surface area contributed by atoms with Gasteiger partial charge in [-0.3, -0.25) is 4.98 Å². The number of nitrogens with one attached hydrogen (secondary N) is 1. The van der Waals surface area contributed by atoms with E-state index in [0.29, 0.717) is 5.25 Å². The van der Waals surface area contributed by atoms with Crippen LogP contribution < -0.4 is 14.8 Å². The summed E-state index contributed by atoms with van der Waals surface area (Å²) < 4.78 is 11.6. The molecule has 2 atom stereocenters. The third-order valence-electron chi connectivity index (χ3n) is 6.82. The number of ether oxygens (including phenoxy) is 2. The summed E-state index contributed by atoms with van der Waals surface area (Å²) in [7, 11) is 1.65. The van der Waals surface area contributed by atoms with Crippen LogP contribution in [0.2, 0.25) is 0 Å². The van der Waals surface area contributed by atoms with Crippen LogP contribution in [0, 0.1) is 5.92 Å². The molecule has 5 aromatic rings. The summed E-state index contributed by atoms with van der Waals surface area (Å²) in [6, 6.07) is 23.9. The van der Waals surface area contributed by atoms with E-state index in [0.717, 1.165) is 63.1 Å². The van der Waals surface area contributed by atoms with Gasteiger partial charge in [0.25, 0.3) is 0 Å². The molecule has 0 amide bonds. The van der Waals surface area contributed by atoms with Gasteiger partial charge >= 0.3 is 0 Å². The Morgan fingerprint density at radius 1 is 0.892 bits per heavy atom. The van der Waals surface area contributed by atoms with Gasteiger partial charge in [-0.2, -0.15) is 16.9 Å². The first-order chi connectivity index (χ1) is 18.2. The molecule has 6 rings (SSSR count). The Bertz CT molecular complexity index is 1560. The summed E-state index contributed by atoms with van der Waals surface area (Å²) in [5.41, 5.74) is 2.87. The van der Waals surface area contributed by atoms with Gasteiger partial charge in [-0.1, -0.05) is 31.2 Å². The fraction of sp³-hybridized carbons (Fsp3) is 0.233. The van der Waals surface area contributed by atoms with Gasteiger partial charge in [-0.15, -0.1) is 5.10 Å². The molecule has 0 saturated carbocycles. The van der Waals surface area contributed by atoms with Crippen molar-refractivity contribution in [2.45, 2.75) is 25.0 Å². The molecule has 0 spiro atoms. The maximum Gasteiger partial charge on any atom is 0.160 e. The lowest BCUT2D eigenvalue weighted by molar-refractivity contribution is 0.415. The average Bonchev–Trinajstić information content (AvgIpc) is 2.94.